The molecule has 10 heteroatoms. The Morgan fingerprint density at radius 2 is 2.00 bits per heavy atom. The number of aliphatic hydroxyl groups is 1. The minimum atomic E-state index is -0.593. The molecule has 1 aromatic carbocycles. The van der Waals surface area contributed by atoms with Gasteiger partial charge in [-0.15, -0.1) is 0 Å². The number of likely N-dealkylation sites (tertiary alicyclic amines) is 1. The lowest BCUT2D eigenvalue weighted by atomic mass is 10.0. The second-order valence-corrected chi connectivity index (χ2v) is 10.8. The van der Waals surface area contributed by atoms with Gasteiger partial charge in [0.25, 0.3) is 0 Å². The summed E-state index contributed by atoms with van der Waals surface area (Å²) in [4.78, 5) is 36.9. The van der Waals surface area contributed by atoms with Gasteiger partial charge in [-0.1, -0.05) is 49.7 Å². The van der Waals surface area contributed by atoms with E-state index in [-0.39, 0.29) is 24.3 Å². The van der Waals surface area contributed by atoms with E-state index in [4.69, 9.17) is 11.6 Å². The van der Waals surface area contributed by atoms with Gasteiger partial charge in [0.2, 0.25) is 11.8 Å². The smallest absolute Gasteiger partial charge is 0.246 e. The second kappa shape index (κ2) is 11.7. The van der Waals surface area contributed by atoms with Gasteiger partial charge in [-0.3, -0.25) is 14.6 Å². The molecule has 0 saturated carbocycles. The normalized spacial score (nSPS) is 17.3. The molecule has 0 spiro atoms. The average molecular weight is 622 g/mol. The second-order valence-electron chi connectivity index (χ2n) is 9.24. The van der Waals surface area contributed by atoms with Crippen molar-refractivity contribution in [3.63, 3.8) is 0 Å². The predicted octanol–water partition coefficient (Wildman–Crippen LogP) is 4.24. The quantitative estimate of drug-likeness (QED) is 0.367. The number of hydrogen-bond donors (Lipinski definition) is 2. The monoisotopic (exact) mass is 621 g/mol. The highest BCUT2D eigenvalue weighted by atomic mass is 127. The third-order valence-corrected chi connectivity index (χ3v) is 7.39. The van der Waals surface area contributed by atoms with Gasteiger partial charge in [-0.05, 0) is 58.5 Å². The molecule has 3 heterocycles. The summed E-state index contributed by atoms with van der Waals surface area (Å²) in [5.41, 5.74) is 2.46. The van der Waals surface area contributed by atoms with E-state index in [1.54, 1.807) is 29.7 Å². The van der Waals surface area contributed by atoms with Gasteiger partial charge in [0.15, 0.2) is 0 Å². The first-order valence-electron chi connectivity index (χ1n) is 11.9. The number of imidazole rings is 1. The number of nitrogens with zero attached hydrogens (tertiary/aromatic N) is 4. The number of pyridine rings is 1. The molecule has 1 aliphatic heterocycles. The fourth-order valence-electron chi connectivity index (χ4n) is 4.68. The molecular weight excluding hydrogens is 593 g/mol. The van der Waals surface area contributed by atoms with Gasteiger partial charge >= 0.3 is 0 Å². The molecule has 0 bridgehead atoms. The highest BCUT2D eigenvalue weighted by Gasteiger charge is 2.39. The van der Waals surface area contributed by atoms with Crippen molar-refractivity contribution in [2.45, 2.75) is 44.8 Å². The van der Waals surface area contributed by atoms with Crippen LogP contribution in [0.5, 0.6) is 0 Å². The minimum Gasteiger partial charge on any atom is -0.394 e. The number of nitrogens with one attached hydrogen (secondary N) is 1. The minimum absolute atomic E-state index is 0.0313. The third-order valence-electron chi connectivity index (χ3n) is 6.51. The summed E-state index contributed by atoms with van der Waals surface area (Å²) in [6.07, 6.45) is 8.18. The van der Waals surface area contributed by atoms with Gasteiger partial charge < -0.3 is 19.9 Å². The van der Waals surface area contributed by atoms with E-state index in [9.17, 15) is 14.7 Å². The lowest BCUT2D eigenvalue weighted by Crippen LogP contribution is -2.49. The molecule has 1 saturated heterocycles. The van der Waals surface area contributed by atoms with E-state index in [1.165, 1.54) is 0 Å². The lowest BCUT2D eigenvalue weighted by Gasteiger charge is -2.31. The van der Waals surface area contributed by atoms with Crippen LogP contribution in [0.4, 0.5) is 0 Å². The Balaban J connectivity index is 1.48. The predicted molar refractivity (Wildman–Crippen MR) is 146 cm³/mol. The van der Waals surface area contributed by atoms with E-state index < -0.39 is 18.1 Å². The van der Waals surface area contributed by atoms with E-state index in [2.05, 4.69) is 37.9 Å². The summed E-state index contributed by atoms with van der Waals surface area (Å²) in [5.74, 6) is -0.319. The van der Waals surface area contributed by atoms with Crippen molar-refractivity contribution in [1.29, 1.82) is 0 Å². The van der Waals surface area contributed by atoms with Crippen LogP contribution in [0, 0.1) is 9.62 Å². The molecule has 4 rings (SSSR count). The molecule has 1 unspecified atom stereocenters. The summed E-state index contributed by atoms with van der Waals surface area (Å²) in [6.45, 7) is 4.24. The Kier molecular flexibility index (Phi) is 8.63. The Morgan fingerprint density at radius 3 is 2.61 bits per heavy atom. The van der Waals surface area contributed by atoms with Crippen molar-refractivity contribution in [3.8, 4) is 11.1 Å². The van der Waals surface area contributed by atoms with Crippen LogP contribution in [0.2, 0.25) is 5.02 Å². The number of aliphatic hydroxyl groups excluding tert-OH is 1. The van der Waals surface area contributed by atoms with Crippen LogP contribution in [0.15, 0.2) is 55.2 Å². The van der Waals surface area contributed by atoms with Gasteiger partial charge in [0.05, 0.1) is 24.0 Å². The molecular formula is C26H29ClIN5O3. The molecule has 0 aliphatic carbocycles. The summed E-state index contributed by atoms with van der Waals surface area (Å²) in [6, 6.07) is 7.60. The van der Waals surface area contributed by atoms with Crippen molar-refractivity contribution < 1.29 is 14.7 Å². The summed E-state index contributed by atoms with van der Waals surface area (Å²) in [5, 5.41) is 13.6. The van der Waals surface area contributed by atoms with Gasteiger partial charge in [0.1, 0.15) is 15.8 Å². The van der Waals surface area contributed by atoms with Gasteiger partial charge in [0, 0.05) is 30.7 Å². The average Bonchev–Trinajstić information content (AvgIpc) is 3.52. The zero-order chi connectivity index (χ0) is 25.8. The van der Waals surface area contributed by atoms with E-state index in [1.807, 2.05) is 48.9 Å². The summed E-state index contributed by atoms with van der Waals surface area (Å²) in [7, 11) is 0. The van der Waals surface area contributed by atoms with Crippen LogP contribution < -0.4 is 5.32 Å². The van der Waals surface area contributed by atoms with Crippen LogP contribution >= 0.6 is 34.2 Å². The van der Waals surface area contributed by atoms with Gasteiger partial charge in [-0.25, -0.2) is 4.98 Å². The number of aromatic nitrogens is 3. The highest BCUT2D eigenvalue weighted by molar-refractivity contribution is 14.1. The van der Waals surface area contributed by atoms with Gasteiger partial charge in [-0.2, -0.15) is 0 Å². The van der Waals surface area contributed by atoms with E-state index in [0.717, 1.165) is 26.8 Å². The maximum Gasteiger partial charge on any atom is 0.246 e. The van der Waals surface area contributed by atoms with Crippen molar-refractivity contribution in [1.82, 2.24) is 24.8 Å². The number of amides is 2. The summed E-state index contributed by atoms with van der Waals surface area (Å²) >= 11 is 8.40. The Hall–Kier alpha value is -2.50. The molecule has 8 nitrogen and oxygen atoms in total. The first-order chi connectivity index (χ1) is 17.3. The zero-order valence-electron chi connectivity index (χ0n) is 20.1. The van der Waals surface area contributed by atoms with Crippen molar-refractivity contribution in [2.75, 3.05) is 13.2 Å². The first-order valence-corrected chi connectivity index (χ1v) is 13.4. The SMILES string of the molecule is CC(C)[C@@H](C(=O)N1CCC[C@H]1C(=O)NC(CO)c1ccc(-c2cnccc2Cl)cc1)n1cnc(I)c1. The Bertz CT molecular complexity index is 1220. The molecule has 2 amide bonds. The maximum atomic E-state index is 13.6. The van der Waals surface area contributed by atoms with Crippen molar-refractivity contribution in [2.24, 2.45) is 5.92 Å². The third kappa shape index (κ3) is 5.73. The number of carbonyl (C=O) groups excluding carboxylic acids is 2. The lowest BCUT2D eigenvalue weighted by molar-refractivity contribution is -0.142. The van der Waals surface area contributed by atoms with Crippen LogP contribution in [0.1, 0.15) is 44.3 Å². The molecule has 1 aliphatic rings. The standard InChI is InChI=1S/C26H29ClIN5O3/c1-16(2)24(32-13-23(28)30-15-32)26(36)33-11-3-4-22(33)25(35)31-21(14-34)18-7-5-17(6-8-18)19-12-29-10-9-20(19)27/h5-10,12-13,15-16,21-22,24,34H,3-4,11,14H2,1-2H3,(H,31,35)/t21?,22-,24-/m0/s1. The number of benzene rings is 1. The first kappa shape index (κ1) is 26.6. The summed E-state index contributed by atoms with van der Waals surface area (Å²) < 4.78 is 2.64. The van der Waals surface area contributed by atoms with Crippen LogP contribution in [0.3, 0.4) is 0 Å². The number of rotatable bonds is 8. The fourth-order valence-corrected chi connectivity index (χ4v) is 5.34. The molecule has 3 aromatic rings. The molecule has 2 N–H and O–H groups in total. The topological polar surface area (TPSA) is 100 Å². The largest absolute Gasteiger partial charge is 0.394 e. The molecule has 0 radical (unpaired) electrons. The Labute approximate surface area is 229 Å². The molecule has 2 aromatic heterocycles. The number of halogens is 2. The molecule has 3 atom stereocenters. The highest BCUT2D eigenvalue weighted by Crippen LogP contribution is 2.29. The van der Waals surface area contributed by atoms with Crippen LogP contribution in [-0.4, -0.2) is 55.5 Å². The molecule has 190 valence electrons. The van der Waals surface area contributed by atoms with Crippen LogP contribution in [0.25, 0.3) is 11.1 Å². The van der Waals surface area contributed by atoms with Crippen LogP contribution in [-0.2, 0) is 9.59 Å². The fraction of sp³-hybridized carbons (Fsp3) is 0.385. The molecule has 1 fully saturated rings. The van der Waals surface area contributed by atoms with E-state index in [0.29, 0.717) is 18.0 Å². The maximum absolute atomic E-state index is 13.6. The van der Waals surface area contributed by atoms with Crippen molar-refractivity contribution >= 4 is 46.0 Å². The number of hydrogen-bond acceptors (Lipinski definition) is 5. The number of carbonyl (C=O) groups is 2. The van der Waals surface area contributed by atoms with Crippen molar-refractivity contribution in [3.05, 3.63) is 69.5 Å². The molecule has 36 heavy (non-hydrogen) atoms. The zero-order valence-corrected chi connectivity index (χ0v) is 23.1. The Morgan fingerprint density at radius 1 is 1.25 bits per heavy atom. The van der Waals surface area contributed by atoms with E-state index >= 15 is 0 Å².